The number of amides is 4. The lowest BCUT2D eigenvalue weighted by Gasteiger charge is -2.36. The van der Waals surface area contributed by atoms with Crippen molar-refractivity contribution in [3.8, 4) is 0 Å². The number of fused-ring (bicyclic) bond motifs is 4. The minimum atomic E-state index is -0.690. The average Bonchev–Trinajstić information content (AvgIpc) is 3.49. The standard InChI is InChI=1S/C33H26N4O3/c38-31(34-20-21-11-3-1-4-12-21)24-16-8-10-18-27(24)37-32(39)28-19-25-23-15-7-9-17-26(23)35-29(25)30(36(28)33(37)40)22-13-5-2-6-14-22/h1-18,28,30,35H,19-20H2,(H,34,38). The number of rotatable bonds is 5. The molecule has 1 saturated heterocycles. The van der Waals surface area contributed by atoms with Crippen LogP contribution in [0.15, 0.2) is 109 Å². The summed E-state index contributed by atoms with van der Waals surface area (Å²) in [6.45, 7) is 0.336. The number of nitrogens with one attached hydrogen (secondary N) is 2. The zero-order chi connectivity index (χ0) is 27.2. The quantitative estimate of drug-likeness (QED) is 0.293. The van der Waals surface area contributed by atoms with Gasteiger partial charge < -0.3 is 10.3 Å². The van der Waals surface area contributed by atoms with Crippen molar-refractivity contribution in [2.75, 3.05) is 4.90 Å². The second-order valence-electron chi connectivity index (χ2n) is 10.1. The lowest BCUT2D eigenvalue weighted by molar-refractivity contribution is -0.120. The van der Waals surface area contributed by atoms with Crippen LogP contribution in [0.25, 0.3) is 10.9 Å². The summed E-state index contributed by atoms with van der Waals surface area (Å²) < 4.78 is 0. The molecular weight excluding hydrogens is 500 g/mol. The van der Waals surface area contributed by atoms with Crippen molar-refractivity contribution in [3.63, 3.8) is 0 Å². The molecule has 0 radical (unpaired) electrons. The number of carbonyl (C=O) groups excluding carboxylic acids is 3. The van der Waals surface area contributed by atoms with Gasteiger partial charge in [-0.15, -0.1) is 0 Å². The predicted molar refractivity (Wildman–Crippen MR) is 153 cm³/mol. The van der Waals surface area contributed by atoms with Crippen molar-refractivity contribution in [1.29, 1.82) is 0 Å². The van der Waals surface area contributed by atoms with E-state index in [9.17, 15) is 14.4 Å². The van der Waals surface area contributed by atoms with Gasteiger partial charge in [0.1, 0.15) is 12.1 Å². The number of anilines is 1. The molecule has 2 aliphatic rings. The van der Waals surface area contributed by atoms with Crippen LogP contribution in [0.1, 0.15) is 38.8 Å². The van der Waals surface area contributed by atoms with E-state index in [1.807, 2.05) is 84.9 Å². The highest BCUT2D eigenvalue weighted by molar-refractivity contribution is 6.24. The molecule has 3 heterocycles. The first-order valence-corrected chi connectivity index (χ1v) is 13.3. The van der Waals surface area contributed by atoms with Gasteiger partial charge >= 0.3 is 6.03 Å². The molecule has 4 aromatic carbocycles. The fraction of sp³-hybridized carbons (Fsp3) is 0.121. The van der Waals surface area contributed by atoms with Gasteiger partial charge in [-0.3, -0.25) is 14.5 Å². The molecular formula is C33H26N4O3. The molecule has 1 fully saturated rings. The van der Waals surface area contributed by atoms with E-state index in [1.165, 1.54) is 4.90 Å². The zero-order valence-corrected chi connectivity index (χ0v) is 21.6. The molecule has 2 N–H and O–H groups in total. The third kappa shape index (κ3) is 3.78. The van der Waals surface area contributed by atoms with E-state index in [1.54, 1.807) is 29.2 Å². The molecule has 0 spiro atoms. The molecule has 7 rings (SSSR count). The maximum Gasteiger partial charge on any atom is 0.332 e. The van der Waals surface area contributed by atoms with E-state index in [4.69, 9.17) is 0 Å². The summed E-state index contributed by atoms with van der Waals surface area (Å²) in [5.74, 6) is -0.675. The molecule has 7 heteroatoms. The highest BCUT2D eigenvalue weighted by atomic mass is 16.2. The largest absolute Gasteiger partial charge is 0.356 e. The Hall–Kier alpha value is -5.17. The summed E-state index contributed by atoms with van der Waals surface area (Å²) >= 11 is 0. The normalized spacial score (nSPS) is 18.1. The molecule has 0 saturated carbocycles. The van der Waals surface area contributed by atoms with Crippen molar-refractivity contribution in [1.82, 2.24) is 15.2 Å². The SMILES string of the molecule is O=C(NCc1ccccc1)c1ccccc1N1C(=O)C2Cc3c([nH]c4ccccc34)C(c3ccccc3)N2C1=O. The summed E-state index contributed by atoms with van der Waals surface area (Å²) in [6.07, 6.45) is 0.395. The van der Waals surface area contributed by atoms with E-state index in [0.717, 1.165) is 33.3 Å². The number of aromatic amines is 1. The second-order valence-corrected chi connectivity index (χ2v) is 10.1. The summed E-state index contributed by atoms with van der Waals surface area (Å²) in [5.41, 5.74) is 5.38. The molecule has 196 valence electrons. The van der Waals surface area contributed by atoms with E-state index >= 15 is 0 Å². The number of hydrogen-bond acceptors (Lipinski definition) is 3. The third-order valence-electron chi connectivity index (χ3n) is 7.85. The van der Waals surface area contributed by atoms with Crippen LogP contribution in [0, 0.1) is 0 Å². The highest BCUT2D eigenvalue weighted by Crippen LogP contribution is 2.45. The third-order valence-corrected chi connectivity index (χ3v) is 7.85. The Labute approximate surface area is 231 Å². The number of aromatic nitrogens is 1. The molecule has 7 nitrogen and oxygen atoms in total. The summed E-state index contributed by atoms with van der Waals surface area (Å²) in [6, 6.07) is 32.6. The predicted octanol–water partition coefficient (Wildman–Crippen LogP) is 5.58. The first-order valence-electron chi connectivity index (χ1n) is 13.3. The minimum Gasteiger partial charge on any atom is -0.356 e. The molecule has 0 bridgehead atoms. The van der Waals surface area contributed by atoms with Gasteiger partial charge in [0.2, 0.25) is 0 Å². The van der Waals surface area contributed by atoms with Gasteiger partial charge in [-0.1, -0.05) is 91.0 Å². The highest BCUT2D eigenvalue weighted by Gasteiger charge is 2.53. The smallest absolute Gasteiger partial charge is 0.332 e. The fourth-order valence-electron chi connectivity index (χ4n) is 6.01. The van der Waals surface area contributed by atoms with E-state index < -0.39 is 18.1 Å². The molecule has 5 aromatic rings. The minimum absolute atomic E-state index is 0.278. The van der Waals surface area contributed by atoms with Crippen molar-refractivity contribution >= 4 is 34.4 Å². The van der Waals surface area contributed by atoms with Crippen LogP contribution in [0.5, 0.6) is 0 Å². The lowest BCUT2D eigenvalue weighted by Crippen LogP contribution is -2.44. The Kier molecular flexibility index (Phi) is 5.70. The topological polar surface area (TPSA) is 85.5 Å². The Morgan fingerprint density at radius 2 is 1.50 bits per heavy atom. The Morgan fingerprint density at radius 3 is 2.30 bits per heavy atom. The molecule has 2 unspecified atom stereocenters. The van der Waals surface area contributed by atoms with Crippen LogP contribution in [0.2, 0.25) is 0 Å². The monoisotopic (exact) mass is 526 g/mol. The van der Waals surface area contributed by atoms with Gasteiger partial charge in [-0.05, 0) is 34.9 Å². The number of hydrogen-bond donors (Lipinski definition) is 2. The van der Waals surface area contributed by atoms with E-state index in [-0.39, 0.29) is 23.1 Å². The van der Waals surface area contributed by atoms with Crippen LogP contribution in [0.4, 0.5) is 10.5 Å². The fourth-order valence-corrected chi connectivity index (χ4v) is 6.01. The Bertz CT molecular complexity index is 1760. The van der Waals surface area contributed by atoms with Crippen molar-refractivity contribution in [2.24, 2.45) is 0 Å². The number of para-hydroxylation sites is 2. The molecule has 0 aliphatic carbocycles. The second kappa shape index (κ2) is 9.54. The molecule has 2 atom stereocenters. The number of imide groups is 1. The van der Waals surface area contributed by atoms with Gasteiger partial charge in [0.05, 0.1) is 11.3 Å². The first-order chi connectivity index (χ1) is 19.6. The Morgan fingerprint density at radius 1 is 0.825 bits per heavy atom. The zero-order valence-electron chi connectivity index (χ0n) is 21.6. The molecule has 40 heavy (non-hydrogen) atoms. The van der Waals surface area contributed by atoms with Gasteiger partial charge in [-0.25, -0.2) is 9.69 Å². The maximum atomic E-state index is 14.2. The molecule has 4 amide bonds. The van der Waals surface area contributed by atoms with E-state index in [0.29, 0.717) is 13.0 Å². The number of carbonyl (C=O) groups is 3. The maximum absolute atomic E-state index is 14.2. The van der Waals surface area contributed by atoms with Gasteiger partial charge in [0, 0.05) is 29.6 Å². The summed E-state index contributed by atoms with van der Waals surface area (Å²) in [7, 11) is 0. The van der Waals surface area contributed by atoms with Crippen LogP contribution in [-0.2, 0) is 17.8 Å². The number of nitrogens with zero attached hydrogens (tertiary/aromatic N) is 2. The van der Waals surface area contributed by atoms with Crippen LogP contribution < -0.4 is 10.2 Å². The number of benzene rings is 4. The molecule has 1 aromatic heterocycles. The van der Waals surface area contributed by atoms with Crippen molar-refractivity contribution in [2.45, 2.75) is 25.0 Å². The van der Waals surface area contributed by atoms with Gasteiger partial charge in [0.25, 0.3) is 11.8 Å². The average molecular weight is 527 g/mol. The van der Waals surface area contributed by atoms with Crippen LogP contribution in [-0.4, -0.2) is 33.8 Å². The van der Waals surface area contributed by atoms with Gasteiger partial charge in [0.15, 0.2) is 0 Å². The summed E-state index contributed by atoms with van der Waals surface area (Å²) in [5, 5.41) is 3.98. The van der Waals surface area contributed by atoms with Crippen LogP contribution in [0.3, 0.4) is 0 Å². The Balaban J connectivity index is 1.28. The van der Waals surface area contributed by atoms with Crippen molar-refractivity contribution in [3.05, 3.63) is 137 Å². The van der Waals surface area contributed by atoms with E-state index in [2.05, 4.69) is 10.3 Å². The van der Waals surface area contributed by atoms with Crippen molar-refractivity contribution < 1.29 is 14.4 Å². The molecule has 2 aliphatic heterocycles. The number of H-pyrrole nitrogens is 1. The van der Waals surface area contributed by atoms with Crippen LogP contribution >= 0.6 is 0 Å². The number of urea groups is 1. The first kappa shape index (κ1) is 23.9. The summed E-state index contributed by atoms with van der Waals surface area (Å²) in [4.78, 5) is 48.0. The lowest BCUT2D eigenvalue weighted by atomic mass is 9.89. The van der Waals surface area contributed by atoms with Gasteiger partial charge in [-0.2, -0.15) is 0 Å².